The number of aliphatic imine (C=N–C) groups is 1. The van der Waals surface area contributed by atoms with Crippen LogP contribution in [0.2, 0.25) is 0 Å². The van der Waals surface area contributed by atoms with Crippen molar-refractivity contribution in [2.24, 2.45) is 10.4 Å². The Balaban J connectivity index is 1.40. The SMILES string of the molecule is CN=C(NCCCN1CCCC1)N1CCC2(CCCCC2)C1. The predicted octanol–water partition coefficient (Wildman–Crippen LogP) is 2.70. The van der Waals surface area contributed by atoms with Gasteiger partial charge in [-0.2, -0.15) is 0 Å². The summed E-state index contributed by atoms with van der Waals surface area (Å²) in [6, 6.07) is 0. The van der Waals surface area contributed by atoms with Gasteiger partial charge in [0.05, 0.1) is 0 Å². The summed E-state index contributed by atoms with van der Waals surface area (Å²) in [4.78, 5) is 9.64. The van der Waals surface area contributed by atoms with Crippen LogP contribution in [0.4, 0.5) is 0 Å². The van der Waals surface area contributed by atoms with Crippen molar-refractivity contribution in [2.75, 3.05) is 46.3 Å². The molecule has 0 amide bonds. The van der Waals surface area contributed by atoms with Crippen LogP contribution >= 0.6 is 0 Å². The molecule has 0 bridgehead atoms. The van der Waals surface area contributed by atoms with E-state index in [0.717, 1.165) is 12.5 Å². The van der Waals surface area contributed by atoms with Crippen molar-refractivity contribution in [2.45, 2.75) is 57.8 Å². The Morgan fingerprint density at radius 1 is 1.00 bits per heavy atom. The van der Waals surface area contributed by atoms with Gasteiger partial charge < -0.3 is 15.1 Å². The van der Waals surface area contributed by atoms with E-state index < -0.39 is 0 Å². The van der Waals surface area contributed by atoms with Crippen LogP contribution in [0.5, 0.6) is 0 Å². The molecular formula is C18H34N4. The number of hydrogen-bond acceptors (Lipinski definition) is 2. The van der Waals surface area contributed by atoms with E-state index in [1.807, 2.05) is 7.05 Å². The Labute approximate surface area is 136 Å². The second-order valence-corrected chi connectivity index (χ2v) is 7.61. The highest BCUT2D eigenvalue weighted by atomic mass is 15.3. The maximum absolute atomic E-state index is 4.54. The minimum absolute atomic E-state index is 0.616. The quantitative estimate of drug-likeness (QED) is 0.492. The maximum atomic E-state index is 4.54. The molecule has 3 aliphatic rings. The van der Waals surface area contributed by atoms with Crippen molar-refractivity contribution < 1.29 is 0 Å². The zero-order chi connectivity index (χ0) is 15.3. The van der Waals surface area contributed by atoms with Crippen LogP contribution < -0.4 is 5.32 Å². The second kappa shape index (κ2) is 7.67. The lowest BCUT2D eigenvalue weighted by molar-refractivity contribution is 0.203. The summed E-state index contributed by atoms with van der Waals surface area (Å²) >= 11 is 0. The number of nitrogens with zero attached hydrogens (tertiary/aromatic N) is 3. The van der Waals surface area contributed by atoms with Gasteiger partial charge in [-0.15, -0.1) is 0 Å². The molecule has 1 aliphatic carbocycles. The fourth-order valence-electron chi connectivity index (χ4n) is 4.67. The highest BCUT2D eigenvalue weighted by molar-refractivity contribution is 5.80. The maximum Gasteiger partial charge on any atom is 0.193 e. The van der Waals surface area contributed by atoms with Crippen molar-refractivity contribution in [1.29, 1.82) is 0 Å². The van der Waals surface area contributed by atoms with E-state index in [4.69, 9.17) is 0 Å². The lowest BCUT2D eigenvalue weighted by atomic mass is 9.73. The molecule has 0 atom stereocenters. The van der Waals surface area contributed by atoms with Crippen molar-refractivity contribution in [1.82, 2.24) is 15.1 Å². The van der Waals surface area contributed by atoms with Crippen molar-refractivity contribution in [3.63, 3.8) is 0 Å². The molecule has 1 saturated carbocycles. The van der Waals surface area contributed by atoms with Crippen molar-refractivity contribution >= 4 is 5.96 Å². The molecule has 2 heterocycles. The second-order valence-electron chi connectivity index (χ2n) is 7.61. The van der Waals surface area contributed by atoms with Gasteiger partial charge in [-0.05, 0) is 63.6 Å². The van der Waals surface area contributed by atoms with Gasteiger partial charge in [-0.25, -0.2) is 0 Å². The van der Waals surface area contributed by atoms with Gasteiger partial charge in [-0.1, -0.05) is 19.3 Å². The Morgan fingerprint density at radius 2 is 1.77 bits per heavy atom. The molecule has 4 heteroatoms. The van der Waals surface area contributed by atoms with Gasteiger partial charge in [0, 0.05) is 26.7 Å². The van der Waals surface area contributed by atoms with E-state index in [-0.39, 0.29) is 0 Å². The number of guanidine groups is 1. The zero-order valence-corrected chi connectivity index (χ0v) is 14.4. The molecule has 126 valence electrons. The molecule has 4 nitrogen and oxygen atoms in total. The molecule has 1 spiro atoms. The molecule has 22 heavy (non-hydrogen) atoms. The van der Waals surface area contributed by atoms with E-state index >= 15 is 0 Å². The molecule has 0 radical (unpaired) electrons. The first-order valence-electron chi connectivity index (χ1n) is 9.49. The third-order valence-corrected chi connectivity index (χ3v) is 6.00. The molecule has 0 aromatic carbocycles. The van der Waals surface area contributed by atoms with Crippen molar-refractivity contribution in [3.8, 4) is 0 Å². The van der Waals surface area contributed by atoms with Gasteiger partial charge in [-0.3, -0.25) is 4.99 Å². The van der Waals surface area contributed by atoms with E-state index in [2.05, 4.69) is 20.1 Å². The molecule has 3 rings (SSSR count). The normalized spacial score (nSPS) is 26.0. The summed E-state index contributed by atoms with van der Waals surface area (Å²) in [5.74, 6) is 1.14. The van der Waals surface area contributed by atoms with Crippen LogP contribution in [-0.2, 0) is 0 Å². The summed E-state index contributed by atoms with van der Waals surface area (Å²) in [7, 11) is 1.94. The highest BCUT2D eigenvalue weighted by Gasteiger charge is 2.39. The number of rotatable bonds is 4. The van der Waals surface area contributed by atoms with Crippen LogP contribution in [0.15, 0.2) is 4.99 Å². The average Bonchev–Trinajstić information content (AvgIpc) is 3.19. The lowest BCUT2D eigenvalue weighted by Crippen LogP contribution is -2.42. The Morgan fingerprint density at radius 3 is 2.50 bits per heavy atom. The third-order valence-electron chi connectivity index (χ3n) is 6.00. The summed E-state index contributed by atoms with van der Waals surface area (Å²) in [5, 5.41) is 3.61. The number of likely N-dealkylation sites (tertiary alicyclic amines) is 2. The average molecular weight is 306 g/mol. The summed E-state index contributed by atoms with van der Waals surface area (Å²) in [6.07, 6.45) is 12.6. The largest absolute Gasteiger partial charge is 0.356 e. The molecule has 0 aromatic rings. The highest BCUT2D eigenvalue weighted by Crippen LogP contribution is 2.43. The van der Waals surface area contributed by atoms with Gasteiger partial charge in [0.2, 0.25) is 0 Å². The van der Waals surface area contributed by atoms with Gasteiger partial charge in [0.15, 0.2) is 5.96 Å². The number of hydrogen-bond donors (Lipinski definition) is 1. The first-order valence-corrected chi connectivity index (χ1v) is 9.49. The number of nitrogens with one attached hydrogen (secondary N) is 1. The van der Waals surface area contributed by atoms with Crippen LogP contribution in [-0.4, -0.2) is 62.1 Å². The topological polar surface area (TPSA) is 30.9 Å². The first kappa shape index (κ1) is 16.1. The van der Waals surface area contributed by atoms with E-state index in [9.17, 15) is 0 Å². The smallest absolute Gasteiger partial charge is 0.193 e. The van der Waals surface area contributed by atoms with Gasteiger partial charge in [0.25, 0.3) is 0 Å². The Hall–Kier alpha value is -0.770. The van der Waals surface area contributed by atoms with Gasteiger partial charge >= 0.3 is 0 Å². The first-order chi connectivity index (χ1) is 10.8. The molecule has 0 aromatic heterocycles. The zero-order valence-electron chi connectivity index (χ0n) is 14.4. The molecule has 2 saturated heterocycles. The molecular weight excluding hydrogens is 272 g/mol. The van der Waals surface area contributed by atoms with E-state index in [0.29, 0.717) is 5.41 Å². The van der Waals surface area contributed by atoms with Crippen LogP contribution in [0.25, 0.3) is 0 Å². The third kappa shape index (κ3) is 3.95. The Kier molecular flexibility index (Phi) is 5.61. The molecule has 2 aliphatic heterocycles. The summed E-state index contributed by atoms with van der Waals surface area (Å²) < 4.78 is 0. The lowest BCUT2D eigenvalue weighted by Gasteiger charge is -2.33. The van der Waals surface area contributed by atoms with Gasteiger partial charge in [0.1, 0.15) is 0 Å². The molecule has 3 fully saturated rings. The fourth-order valence-corrected chi connectivity index (χ4v) is 4.67. The Bertz CT molecular complexity index is 367. The van der Waals surface area contributed by atoms with Crippen LogP contribution in [0.3, 0.4) is 0 Å². The minimum atomic E-state index is 0.616. The summed E-state index contributed by atoms with van der Waals surface area (Å²) in [5.41, 5.74) is 0.616. The van der Waals surface area contributed by atoms with Crippen LogP contribution in [0, 0.1) is 5.41 Å². The van der Waals surface area contributed by atoms with Crippen LogP contribution in [0.1, 0.15) is 57.8 Å². The summed E-state index contributed by atoms with van der Waals surface area (Å²) in [6.45, 7) is 7.36. The monoisotopic (exact) mass is 306 g/mol. The van der Waals surface area contributed by atoms with E-state index in [1.165, 1.54) is 90.5 Å². The molecule has 1 N–H and O–H groups in total. The van der Waals surface area contributed by atoms with E-state index in [1.54, 1.807) is 0 Å². The fraction of sp³-hybridized carbons (Fsp3) is 0.944. The van der Waals surface area contributed by atoms with Crippen molar-refractivity contribution in [3.05, 3.63) is 0 Å². The molecule has 0 unspecified atom stereocenters. The minimum Gasteiger partial charge on any atom is -0.356 e. The standard InChI is InChI=1S/C18H34N4/c1-19-17(20-11-7-14-21-12-5-6-13-21)22-15-10-18(16-22)8-3-2-4-9-18/h2-16H2,1H3,(H,19,20). The predicted molar refractivity (Wildman–Crippen MR) is 93.4 cm³/mol.